The quantitative estimate of drug-likeness (QED) is 0.0686. The molecule has 0 aromatic heterocycles. The number of aliphatic hydroxyl groups is 4. The molecule has 2 fully saturated rings. The lowest BCUT2D eigenvalue weighted by Gasteiger charge is -2.31. The molecule has 1 saturated heterocycles. The molecule has 2 heterocycles. The molecule has 0 aromatic rings. The van der Waals surface area contributed by atoms with Crippen LogP contribution in [0.2, 0.25) is 0 Å². The Morgan fingerprint density at radius 1 is 1.34 bits per heavy atom. The van der Waals surface area contributed by atoms with Crippen molar-refractivity contribution in [2.24, 2.45) is 22.6 Å². The van der Waals surface area contributed by atoms with E-state index in [1.807, 2.05) is 6.08 Å². The first-order valence-electron chi connectivity index (χ1n) is 13.1. The van der Waals surface area contributed by atoms with Crippen LogP contribution in [-0.4, -0.2) is 123 Å². The summed E-state index contributed by atoms with van der Waals surface area (Å²) in [6, 6.07) is -2.12. The van der Waals surface area contributed by atoms with Gasteiger partial charge in [-0.25, -0.2) is 0 Å². The number of fused-ring (bicyclic) bond motifs is 1. The molecule has 0 aromatic carbocycles. The largest absolute Gasteiger partial charge is 0.857 e. The van der Waals surface area contributed by atoms with Gasteiger partial charge in [0.15, 0.2) is 30.2 Å². The molecule has 214 valence electrons. The van der Waals surface area contributed by atoms with Crippen LogP contribution in [0.4, 0.5) is 0 Å². The minimum Gasteiger partial charge on any atom is -0.857 e. The molecule has 8 N–H and O–H groups in total. The second-order valence-electron chi connectivity index (χ2n) is 10.7. The lowest BCUT2D eigenvalue weighted by atomic mass is 9.81. The average Bonchev–Trinajstić information content (AvgIpc) is 3.48. The molecular weight excluding hydrogens is 496 g/mol. The fourth-order valence-electron chi connectivity index (χ4n) is 5.59. The Balaban J connectivity index is 1.87. The van der Waals surface area contributed by atoms with Crippen molar-refractivity contribution in [1.82, 2.24) is 10.2 Å². The van der Waals surface area contributed by atoms with Crippen molar-refractivity contribution in [3.8, 4) is 0 Å². The molecule has 7 atom stereocenters. The summed E-state index contributed by atoms with van der Waals surface area (Å²) in [5.41, 5.74) is 6.57. The highest BCUT2D eigenvalue weighted by Crippen LogP contribution is 2.38. The van der Waals surface area contributed by atoms with Gasteiger partial charge in [0.2, 0.25) is 0 Å². The molecule has 2 aliphatic heterocycles. The number of methoxy groups -OCH3 is 1. The third-order valence-corrected chi connectivity index (χ3v) is 7.81. The lowest BCUT2D eigenvalue weighted by Crippen LogP contribution is -2.55. The number of hydrogen-bond acceptors (Lipinski definition) is 8. The van der Waals surface area contributed by atoms with E-state index in [1.165, 1.54) is 7.11 Å². The standard InChI is InChI=1S/C25H42N6O7/c1-13(2)21(29-23(36)20(12-32)38-3)24(37)31-16-10-19(34)18(33)9-15(16)8-17(31)22(35)28-6-4-14-5-7-30(11-14)25(26)27/h5,13,15-21,32-34H,4,6-12H2,1-3H3,(H5,26,27,28,29,35,36)/t15-,16+,17+,18+,19+,20-,21+/m1/s1. The van der Waals surface area contributed by atoms with E-state index in [0.717, 1.165) is 5.57 Å². The van der Waals surface area contributed by atoms with E-state index in [1.54, 1.807) is 23.3 Å². The van der Waals surface area contributed by atoms with Crippen LogP contribution in [0.1, 0.15) is 39.5 Å². The van der Waals surface area contributed by atoms with Crippen LogP contribution in [0.25, 0.3) is 0 Å². The van der Waals surface area contributed by atoms with Crippen molar-refractivity contribution in [1.29, 1.82) is 5.41 Å². The Bertz CT molecular complexity index is 964. The molecule has 3 rings (SSSR count). The maximum atomic E-state index is 13.3. The van der Waals surface area contributed by atoms with Crippen LogP contribution in [-0.2, 0) is 9.53 Å². The van der Waals surface area contributed by atoms with Crippen molar-refractivity contribution in [3.63, 3.8) is 0 Å². The second-order valence-corrected chi connectivity index (χ2v) is 10.7. The van der Waals surface area contributed by atoms with Crippen molar-refractivity contribution in [2.45, 2.75) is 76.0 Å². The molecule has 3 aliphatic rings. The van der Waals surface area contributed by atoms with Gasteiger partial charge in [0.1, 0.15) is 0 Å². The second kappa shape index (κ2) is 12.9. The number of carbonyl (C=O) groups is 1. The number of carbonyl (C=O) groups excluding carboxylic acids is 1. The predicted octanol–water partition coefficient (Wildman–Crippen LogP) is -2.34. The van der Waals surface area contributed by atoms with Gasteiger partial charge in [-0.3, -0.25) is 15.2 Å². The molecule has 0 bridgehead atoms. The van der Waals surface area contributed by atoms with Crippen molar-refractivity contribution >= 4 is 23.7 Å². The molecule has 1 saturated carbocycles. The molecule has 13 heteroatoms. The van der Waals surface area contributed by atoms with Gasteiger partial charge in [-0.15, -0.1) is 0 Å². The zero-order valence-corrected chi connectivity index (χ0v) is 22.3. The molecule has 1 aliphatic carbocycles. The Kier molecular flexibility index (Phi) is 10.1. The first-order valence-corrected chi connectivity index (χ1v) is 13.1. The summed E-state index contributed by atoms with van der Waals surface area (Å²) in [6.07, 6.45) is 0.247. The number of nitrogens with two attached hydrogens (primary N) is 1. The number of nitrogens with zero attached hydrogens (tertiary/aromatic N) is 3. The zero-order chi connectivity index (χ0) is 28.1. The van der Waals surface area contributed by atoms with Crippen LogP contribution >= 0.6 is 0 Å². The summed E-state index contributed by atoms with van der Waals surface area (Å²) in [5, 5.41) is 65.2. The highest BCUT2D eigenvalue weighted by molar-refractivity contribution is 5.87. The Morgan fingerprint density at radius 3 is 2.61 bits per heavy atom. The molecule has 1 amide bonds. The summed E-state index contributed by atoms with van der Waals surface area (Å²) < 4.78 is 6.56. The van der Waals surface area contributed by atoms with Gasteiger partial charge < -0.3 is 46.2 Å². The number of amides is 1. The van der Waals surface area contributed by atoms with E-state index >= 15 is 0 Å². The van der Waals surface area contributed by atoms with E-state index in [4.69, 9.17) is 15.9 Å². The SMILES string of the molecule is CO[C@H](CO)C(=O)N[C@H](C(O)=[N+]1[C@H](C([O-])=NCCC2=CCN(C(=N)N)C2)C[C@@H]2C[C@H](O)[C@@H](O)C[C@@H]21)C(C)C. The highest BCUT2D eigenvalue weighted by Gasteiger charge is 2.53. The molecule has 38 heavy (non-hydrogen) atoms. The summed E-state index contributed by atoms with van der Waals surface area (Å²) in [5.74, 6) is -1.69. The van der Waals surface area contributed by atoms with E-state index in [9.17, 15) is 30.3 Å². The maximum Gasteiger partial charge on any atom is 0.358 e. The third kappa shape index (κ3) is 6.63. The third-order valence-electron chi connectivity index (χ3n) is 7.81. The van der Waals surface area contributed by atoms with Gasteiger partial charge in [-0.05, 0) is 18.8 Å². The normalized spacial score (nSPS) is 30.6. The van der Waals surface area contributed by atoms with Crippen LogP contribution in [0.15, 0.2) is 16.6 Å². The predicted molar refractivity (Wildman–Crippen MR) is 138 cm³/mol. The molecule has 13 nitrogen and oxygen atoms in total. The van der Waals surface area contributed by atoms with E-state index in [0.29, 0.717) is 25.9 Å². The first-order chi connectivity index (χ1) is 18.0. The number of aliphatic hydroxyl groups excluding tert-OH is 4. The number of nitrogens with one attached hydrogen (secondary N) is 2. The first kappa shape index (κ1) is 29.8. The van der Waals surface area contributed by atoms with E-state index in [2.05, 4.69) is 10.3 Å². The topological polar surface area (TPSA) is 211 Å². The minimum absolute atomic E-state index is 0.00791. The number of aliphatic imine (C=N–C) groups is 1. The van der Waals surface area contributed by atoms with Gasteiger partial charge in [-0.1, -0.05) is 25.5 Å². The fourth-order valence-corrected chi connectivity index (χ4v) is 5.59. The number of rotatable bonds is 10. The molecule has 0 unspecified atom stereocenters. The highest BCUT2D eigenvalue weighted by atomic mass is 16.5. The number of guanidine groups is 1. The number of ether oxygens (including phenoxy) is 1. The van der Waals surface area contributed by atoms with Gasteiger partial charge in [-0.2, -0.15) is 4.58 Å². The summed E-state index contributed by atoms with van der Waals surface area (Å²) in [7, 11) is 1.30. The van der Waals surface area contributed by atoms with Crippen molar-refractivity contribution < 1.29 is 39.6 Å². The van der Waals surface area contributed by atoms with Crippen molar-refractivity contribution in [3.05, 3.63) is 11.6 Å². The smallest absolute Gasteiger partial charge is 0.358 e. The van der Waals surface area contributed by atoms with Crippen LogP contribution in [0.5, 0.6) is 0 Å². The molecule has 0 spiro atoms. The van der Waals surface area contributed by atoms with E-state index in [-0.39, 0.29) is 43.1 Å². The van der Waals surface area contributed by atoms with Crippen LogP contribution in [0, 0.1) is 17.2 Å². The van der Waals surface area contributed by atoms with Gasteiger partial charge in [0.25, 0.3) is 5.91 Å². The van der Waals surface area contributed by atoms with Crippen molar-refractivity contribution in [2.75, 3.05) is 33.4 Å². The molecular formula is C25H42N6O7. The Hall–Kier alpha value is -2.74. The van der Waals surface area contributed by atoms with Gasteiger partial charge in [0, 0.05) is 51.4 Å². The van der Waals surface area contributed by atoms with Gasteiger partial charge >= 0.3 is 5.90 Å². The Labute approximate surface area is 222 Å². The van der Waals surface area contributed by atoms with E-state index < -0.39 is 54.8 Å². The minimum atomic E-state index is -1.11. The zero-order valence-electron chi connectivity index (χ0n) is 22.3. The maximum absolute atomic E-state index is 13.3. The monoisotopic (exact) mass is 538 g/mol. The Morgan fingerprint density at radius 2 is 2.03 bits per heavy atom. The fraction of sp³-hybridized carbons (Fsp3) is 0.760. The van der Waals surface area contributed by atoms with Gasteiger partial charge in [0.05, 0.1) is 18.8 Å². The average molecular weight is 539 g/mol. The molecule has 0 radical (unpaired) electrons. The summed E-state index contributed by atoms with van der Waals surface area (Å²) in [4.78, 5) is 18.6. The summed E-state index contributed by atoms with van der Waals surface area (Å²) >= 11 is 0. The lowest BCUT2D eigenvalue weighted by molar-refractivity contribution is -0.586. The van der Waals surface area contributed by atoms with Crippen LogP contribution < -0.4 is 16.2 Å². The summed E-state index contributed by atoms with van der Waals surface area (Å²) in [6.45, 7) is 4.38. The number of hydrogen-bond donors (Lipinski definition) is 7. The van der Waals surface area contributed by atoms with Crippen LogP contribution in [0.3, 0.4) is 0 Å².